The molecule has 5 nitrogen and oxygen atoms in total. The number of rotatable bonds is 4. The minimum absolute atomic E-state index is 0.170. The Balaban J connectivity index is 4.48. The summed E-state index contributed by atoms with van der Waals surface area (Å²) in [7, 11) is -1.90. The fourth-order valence-corrected chi connectivity index (χ4v) is 2.33. The molecule has 0 aliphatic carbocycles. The highest BCUT2D eigenvalue weighted by Crippen LogP contribution is 2.04. The predicted molar refractivity (Wildman–Crippen MR) is 58.1 cm³/mol. The van der Waals surface area contributed by atoms with Crippen LogP contribution in [0.4, 0.5) is 0 Å². The van der Waals surface area contributed by atoms with E-state index >= 15 is 0 Å². The molecule has 0 saturated carbocycles. The minimum Gasteiger partial charge on any atom is -0.327 e. The standard InChI is InChI=1S/C8H21N3O2S/c1-7(9)6-11(5)14(12,13)10-8(2,3)4/h7,10H,6,9H2,1-5H3. The van der Waals surface area contributed by atoms with Gasteiger partial charge in [-0.1, -0.05) is 0 Å². The molecule has 0 aromatic carbocycles. The maximum Gasteiger partial charge on any atom is 0.279 e. The van der Waals surface area contributed by atoms with Crippen molar-refractivity contribution in [3.8, 4) is 0 Å². The predicted octanol–water partition coefficient (Wildman–Crippen LogP) is -0.102. The molecule has 1 atom stereocenters. The molecule has 86 valence electrons. The summed E-state index contributed by atoms with van der Waals surface area (Å²) in [5.41, 5.74) is 5.05. The first-order valence-corrected chi connectivity index (χ1v) is 5.99. The quantitative estimate of drug-likeness (QED) is 0.699. The average molecular weight is 223 g/mol. The second-order valence-corrected chi connectivity index (χ2v) is 6.39. The van der Waals surface area contributed by atoms with Gasteiger partial charge in [-0.25, -0.2) is 0 Å². The molecule has 1 unspecified atom stereocenters. The summed E-state index contributed by atoms with van der Waals surface area (Å²) >= 11 is 0. The van der Waals surface area contributed by atoms with Gasteiger partial charge in [0.2, 0.25) is 0 Å². The minimum atomic E-state index is -3.41. The van der Waals surface area contributed by atoms with Crippen molar-refractivity contribution in [3.63, 3.8) is 0 Å². The number of nitrogens with one attached hydrogen (secondary N) is 1. The molecule has 6 heteroatoms. The number of nitrogens with zero attached hydrogens (tertiary/aromatic N) is 1. The third-order valence-corrected chi connectivity index (χ3v) is 3.23. The maximum absolute atomic E-state index is 11.6. The fraction of sp³-hybridized carbons (Fsp3) is 1.00. The molecule has 0 amide bonds. The second kappa shape index (κ2) is 4.57. The van der Waals surface area contributed by atoms with E-state index in [0.29, 0.717) is 6.54 Å². The molecular formula is C8H21N3O2S. The molecular weight excluding hydrogens is 202 g/mol. The lowest BCUT2D eigenvalue weighted by Crippen LogP contribution is -2.49. The van der Waals surface area contributed by atoms with E-state index in [1.807, 2.05) is 0 Å². The van der Waals surface area contributed by atoms with Crippen LogP contribution in [-0.4, -0.2) is 37.9 Å². The highest BCUT2D eigenvalue weighted by atomic mass is 32.2. The number of likely N-dealkylation sites (N-methyl/N-ethyl adjacent to an activating group) is 1. The summed E-state index contributed by atoms with van der Waals surface area (Å²) in [4.78, 5) is 0. The van der Waals surface area contributed by atoms with Gasteiger partial charge in [-0.2, -0.15) is 17.4 Å². The largest absolute Gasteiger partial charge is 0.327 e. The van der Waals surface area contributed by atoms with Crippen LogP contribution in [0.25, 0.3) is 0 Å². The van der Waals surface area contributed by atoms with E-state index in [1.54, 1.807) is 27.7 Å². The first kappa shape index (κ1) is 13.8. The zero-order chi connectivity index (χ0) is 11.6. The third kappa shape index (κ3) is 5.54. The lowest BCUT2D eigenvalue weighted by Gasteiger charge is -2.26. The molecule has 0 aliphatic heterocycles. The van der Waals surface area contributed by atoms with Crippen LogP contribution in [0, 0.1) is 0 Å². The third-order valence-electron chi connectivity index (χ3n) is 1.39. The summed E-state index contributed by atoms with van der Waals surface area (Å²) in [6.07, 6.45) is 0. The molecule has 0 radical (unpaired) electrons. The zero-order valence-electron chi connectivity index (χ0n) is 9.53. The molecule has 0 saturated heterocycles. The molecule has 0 aliphatic rings. The Bertz CT molecular complexity index is 267. The first-order chi connectivity index (χ1) is 6.04. The SMILES string of the molecule is CC(N)CN(C)S(=O)(=O)NC(C)(C)C. The Hall–Kier alpha value is -0.170. The van der Waals surface area contributed by atoms with Gasteiger partial charge < -0.3 is 5.73 Å². The highest BCUT2D eigenvalue weighted by Gasteiger charge is 2.24. The van der Waals surface area contributed by atoms with E-state index in [9.17, 15) is 8.42 Å². The molecule has 0 spiro atoms. The molecule has 0 aromatic heterocycles. The van der Waals surface area contributed by atoms with Crippen LogP contribution in [0.3, 0.4) is 0 Å². The molecule has 0 aromatic rings. The molecule has 14 heavy (non-hydrogen) atoms. The van der Waals surface area contributed by atoms with E-state index < -0.39 is 15.7 Å². The van der Waals surface area contributed by atoms with Crippen LogP contribution in [-0.2, 0) is 10.2 Å². The summed E-state index contributed by atoms with van der Waals surface area (Å²) < 4.78 is 27.1. The van der Waals surface area contributed by atoms with Crippen LogP contribution in [0.5, 0.6) is 0 Å². The maximum atomic E-state index is 11.6. The van der Waals surface area contributed by atoms with Gasteiger partial charge in [0.25, 0.3) is 10.2 Å². The van der Waals surface area contributed by atoms with Crippen LogP contribution < -0.4 is 10.5 Å². The van der Waals surface area contributed by atoms with Crippen molar-refractivity contribution >= 4 is 10.2 Å². The van der Waals surface area contributed by atoms with E-state index in [0.717, 1.165) is 0 Å². The number of nitrogens with two attached hydrogens (primary N) is 1. The van der Waals surface area contributed by atoms with E-state index in [2.05, 4.69) is 4.72 Å². The Kier molecular flexibility index (Phi) is 4.51. The fourth-order valence-electron chi connectivity index (χ4n) is 0.969. The van der Waals surface area contributed by atoms with Gasteiger partial charge in [0.1, 0.15) is 0 Å². The van der Waals surface area contributed by atoms with E-state index in [4.69, 9.17) is 5.73 Å². The Labute approximate surface area is 86.8 Å². The van der Waals surface area contributed by atoms with Crippen LogP contribution in [0.1, 0.15) is 27.7 Å². The van der Waals surface area contributed by atoms with Gasteiger partial charge in [0, 0.05) is 25.2 Å². The molecule has 0 bridgehead atoms. The zero-order valence-corrected chi connectivity index (χ0v) is 10.4. The van der Waals surface area contributed by atoms with Crippen molar-refractivity contribution < 1.29 is 8.42 Å². The van der Waals surface area contributed by atoms with Crippen LogP contribution in [0.2, 0.25) is 0 Å². The first-order valence-electron chi connectivity index (χ1n) is 4.55. The van der Waals surface area contributed by atoms with Gasteiger partial charge >= 0.3 is 0 Å². The van der Waals surface area contributed by atoms with Crippen molar-refractivity contribution in [1.82, 2.24) is 9.03 Å². The average Bonchev–Trinajstić information content (AvgIpc) is 1.78. The van der Waals surface area contributed by atoms with Gasteiger partial charge in [0.15, 0.2) is 0 Å². The van der Waals surface area contributed by atoms with Crippen molar-refractivity contribution in [3.05, 3.63) is 0 Å². The van der Waals surface area contributed by atoms with E-state index in [1.165, 1.54) is 11.4 Å². The summed E-state index contributed by atoms with van der Waals surface area (Å²) in [5.74, 6) is 0. The Morgan fingerprint density at radius 2 is 1.86 bits per heavy atom. The lowest BCUT2D eigenvalue weighted by atomic mass is 10.1. The summed E-state index contributed by atoms with van der Waals surface area (Å²) in [5, 5.41) is 0. The van der Waals surface area contributed by atoms with Crippen LogP contribution in [0.15, 0.2) is 0 Å². The summed E-state index contributed by atoms with van der Waals surface area (Å²) in [6.45, 7) is 7.47. The van der Waals surface area contributed by atoms with Crippen LogP contribution >= 0.6 is 0 Å². The highest BCUT2D eigenvalue weighted by molar-refractivity contribution is 7.87. The van der Waals surface area contributed by atoms with Crippen molar-refractivity contribution in [1.29, 1.82) is 0 Å². The number of hydrogen-bond acceptors (Lipinski definition) is 3. The van der Waals surface area contributed by atoms with E-state index in [-0.39, 0.29) is 6.04 Å². The second-order valence-electron chi connectivity index (χ2n) is 4.61. The molecule has 0 rings (SSSR count). The lowest BCUT2D eigenvalue weighted by molar-refractivity contribution is 0.410. The normalized spacial score (nSPS) is 15.9. The van der Waals surface area contributed by atoms with Crippen molar-refractivity contribution in [2.45, 2.75) is 39.3 Å². The Morgan fingerprint density at radius 1 is 1.43 bits per heavy atom. The van der Waals surface area contributed by atoms with Gasteiger partial charge in [-0.3, -0.25) is 0 Å². The Morgan fingerprint density at radius 3 is 2.14 bits per heavy atom. The molecule has 0 fully saturated rings. The summed E-state index contributed by atoms with van der Waals surface area (Å²) in [6, 6.07) is -0.170. The molecule has 3 N–H and O–H groups in total. The van der Waals surface area contributed by atoms with Gasteiger partial charge in [0.05, 0.1) is 0 Å². The number of hydrogen-bond donors (Lipinski definition) is 2. The van der Waals surface area contributed by atoms with Gasteiger partial charge in [-0.05, 0) is 27.7 Å². The smallest absolute Gasteiger partial charge is 0.279 e. The topological polar surface area (TPSA) is 75.4 Å². The molecule has 0 heterocycles. The van der Waals surface area contributed by atoms with Crippen molar-refractivity contribution in [2.75, 3.05) is 13.6 Å². The van der Waals surface area contributed by atoms with Crippen molar-refractivity contribution in [2.24, 2.45) is 5.73 Å². The van der Waals surface area contributed by atoms with Gasteiger partial charge in [-0.15, -0.1) is 0 Å². The monoisotopic (exact) mass is 223 g/mol.